The van der Waals surface area contributed by atoms with Crippen LogP contribution in [0.3, 0.4) is 0 Å². The number of esters is 1. The lowest BCUT2D eigenvalue weighted by molar-refractivity contribution is -0.873. The molecule has 6 nitrogen and oxygen atoms in total. The van der Waals surface area contributed by atoms with Gasteiger partial charge >= 0.3 is 11.9 Å². The maximum Gasteiger partial charge on any atom is 0.313 e. The molecule has 0 aromatic carbocycles. The molecule has 0 radical (unpaired) electrons. The third kappa shape index (κ3) is 19.7. The summed E-state index contributed by atoms with van der Waals surface area (Å²) < 4.78 is 5.74. The van der Waals surface area contributed by atoms with Crippen LogP contribution in [0, 0.1) is 0 Å². The number of ketones is 1. The number of quaternary nitrogens is 1. The largest absolute Gasteiger partial charge is 0.481 e. The summed E-state index contributed by atoms with van der Waals surface area (Å²) >= 11 is 0. The standard InChI is InChI=1S/C23H43NO5/c1-5-6-7-8-9-10-11-12-13-14-15-16-20(25)17-23(28)29-21(18-22(26)27)19-24(2,3)4/h21H,5-19H2,1-4H3/p+1/t21-/m1/s1. The van der Waals surface area contributed by atoms with Gasteiger partial charge in [-0.3, -0.25) is 14.4 Å². The molecule has 29 heavy (non-hydrogen) atoms. The fraction of sp³-hybridized carbons (Fsp3) is 0.870. The molecule has 0 aromatic heterocycles. The Kier molecular flexibility index (Phi) is 15.6. The summed E-state index contributed by atoms with van der Waals surface area (Å²) in [5, 5.41) is 8.98. The average molecular weight is 415 g/mol. The molecular formula is C23H44NO5+. The summed E-state index contributed by atoms with van der Waals surface area (Å²) in [5.41, 5.74) is 0. The van der Waals surface area contributed by atoms with E-state index in [-0.39, 0.29) is 18.6 Å². The summed E-state index contributed by atoms with van der Waals surface area (Å²) in [4.78, 5) is 34.9. The highest BCUT2D eigenvalue weighted by Crippen LogP contribution is 2.13. The van der Waals surface area contributed by atoms with E-state index in [4.69, 9.17) is 9.84 Å². The molecule has 0 aliphatic heterocycles. The Morgan fingerprint density at radius 3 is 1.76 bits per heavy atom. The van der Waals surface area contributed by atoms with Crippen molar-refractivity contribution in [2.45, 2.75) is 103 Å². The summed E-state index contributed by atoms with van der Waals surface area (Å²) in [6.07, 6.45) is 12.6. The molecule has 0 spiro atoms. The van der Waals surface area contributed by atoms with Crippen molar-refractivity contribution in [2.75, 3.05) is 27.7 Å². The van der Waals surface area contributed by atoms with Gasteiger partial charge in [-0.25, -0.2) is 0 Å². The lowest BCUT2D eigenvalue weighted by atomic mass is 10.0. The SMILES string of the molecule is CCCCCCCCCCCCCC(=O)CC(=O)O[C@H](CC(=O)O)C[N+](C)(C)C. The minimum absolute atomic E-state index is 0.120. The molecule has 0 aliphatic rings. The van der Waals surface area contributed by atoms with Crippen LogP contribution >= 0.6 is 0 Å². The lowest BCUT2D eigenvalue weighted by Gasteiger charge is -2.28. The molecule has 0 bridgehead atoms. The normalized spacial score (nSPS) is 12.6. The Morgan fingerprint density at radius 1 is 0.828 bits per heavy atom. The van der Waals surface area contributed by atoms with Gasteiger partial charge in [0.2, 0.25) is 0 Å². The monoisotopic (exact) mass is 414 g/mol. The Morgan fingerprint density at radius 2 is 1.31 bits per heavy atom. The van der Waals surface area contributed by atoms with Gasteiger partial charge < -0.3 is 14.3 Å². The van der Waals surface area contributed by atoms with E-state index in [0.717, 1.165) is 19.3 Å². The van der Waals surface area contributed by atoms with E-state index in [1.54, 1.807) is 0 Å². The number of aliphatic carboxylic acids is 1. The molecule has 170 valence electrons. The molecule has 0 saturated heterocycles. The van der Waals surface area contributed by atoms with Gasteiger partial charge in [0.25, 0.3) is 0 Å². The number of carboxylic acid groups (broad SMARTS) is 1. The molecule has 1 N–H and O–H groups in total. The minimum Gasteiger partial charge on any atom is -0.481 e. The van der Waals surface area contributed by atoms with E-state index in [2.05, 4.69) is 6.92 Å². The van der Waals surface area contributed by atoms with Gasteiger partial charge in [-0.2, -0.15) is 0 Å². The zero-order valence-electron chi connectivity index (χ0n) is 19.2. The Bertz CT molecular complexity index is 470. The van der Waals surface area contributed by atoms with Crippen molar-refractivity contribution >= 4 is 17.7 Å². The highest BCUT2D eigenvalue weighted by atomic mass is 16.5. The van der Waals surface area contributed by atoms with Crippen LogP contribution in [0.5, 0.6) is 0 Å². The van der Waals surface area contributed by atoms with Gasteiger partial charge in [0.1, 0.15) is 18.7 Å². The van der Waals surface area contributed by atoms with E-state index in [1.807, 2.05) is 21.1 Å². The van der Waals surface area contributed by atoms with Gasteiger partial charge in [-0.05, 0) is 6.42 Å². The van der Waals surface area contributed by atoms with E-state index in [9.17, 15) is 14.4 Å². The zero-order valence-corrected chi connectivity index (χ0v) is 19.2. The molecular weight excluding hydrogens is 370 g/mol. The number of carbonyl (C=O) groups excluding carboxylic acids is 2. The first-order valence-electron chi connectivity index (χ1n) is 11.4. The number of hydrogen-bond acceptors (Lipinski definition) is 4. The van der Waals surface area contributed by atoms with Gasteiger partial charge in [-0.15, -0.1) is 0 Å². The predicted octanol–water partition coefficient (Wildman–Crippen LogP) is 4.74. The molecule has 0 amide bonds. The Balaban J connectivity index is 3.84. The second-order valence-electron chi connectivity index (χ2n) is 9.18. The second kappa shape index (κ2) is 16.4. The summed E-state index contributed by atoms with van der Waals surface area (Å²) in [5.74, 6) is -1.74. The Hall–Kier alpha value is -1.43. The fourth-order valence-electron chi connectivity index (χ4n) is 3.41. The lowest BCUT2D eigenvalue weighted by Crippen LogP contribution is -2.44. The maximum atomic E-state index is 12.0. The number of hydrogen-bond donors (Lipinski definition) is 1. The van der Waals surface area contributed by atoms with Crippen molar-refractivity contribution in [3.63, 3.8) is 0 Å². The Labute approximate surface area is 177 Å². The number of rotatable bonds is 19. The van der Waals surface area contributed by atoms with Crippen molar-refractivity contribution in [3.8, 4) is 0 Å². The van der Waals surface area contributed by atoms with Gasteiger partial charge in [0.15, 0.2) is 6.10 Å². The summed E-state index contributed by atoms with van der Waals surface area (Å²) in [6, 6.07) is 0. The van der Waals surface area contributed by atoms with E-state index < -0.39 is 18.0 Å². The van der Waals surface area contributed by atoms with Crippen LogP contribution in [0.2, 0.25) is 0 Å². The first-order valence-corrected chi connectivity index (χ1v) is 11.4. The zero-order chi connectivity index (χ0) is 22.1. The minimum atomic E-state index is -1.01. The predicted molar refractivity (Wildman–Crippen MR) is 116 cm³/mol. The molecule has 0 aromatic rings. The third-order valence-corrected chi connectivity index (χ3v) is 4.85. The van der Waals surface area contributed by atoms with Gasteiger partial charge in [0.05, 0.1) is 27.6 Å². The molecule has 0 rings (SSSR count). The molecule has 0 heterocycles. The molecule has 6 heteroatoms. The quantitative estimate of drug-likeness (QED) is 0.143. The van der Waals surface area contributed by atoms with E-state index in [0.29, 0.717) is 17.4 Å². The number of ether oxygens (including phenoxy) is 1. The van der Waals surface area contributed by atoms with Crippen LogP contribution in [-0.4, -0.2) is 61.1 Å². The molecule has 0 fully saturated rings. The van der Waals surface area contributed by atoms with Crippen LogP contribution in [0.25, 0.3) is 0 Å². The molecule has 1 atom stereocenters. The fourth-order valence-corrected chi connectivity index (χ4v) is 3.41. The first kappa shape index (κ1) is 27.6. The van der Waals surface area contributed by atoms with Gasteiger partial charge in [0, 0.05) is 6.42 Å². The average Bonchev–Trinajstić information content (AvgIpc) is 2.57. The number of carbonyl (C=O) groups is 3. The second-order valence-corrected chi connectivity index (χ2v) is 9.18. The highest BCUT2D eigenvalue weighted by Gasteiger charge is 2.25. The highest BCUT2D eigenvalue weighted by molar-refractivity contribution is 5.95. The van der Waals surface area contributed by atoms with Crippen LogP contribution in [-0.2, 0) is 19.1 Å². The van der Waals surface area contributed by atoms with Crippen LogP contribution < -0.4 is 0 Å². The van der Waals surface area contributed by atoms with Crippen molar-refractivity contribution < 1.29 is 28.7 Å². The number of Topliss-reactive ketones (excluding diaryl/α,β-unsaturated/α-hetero) is 1. The van der Waals surface area contributed by atoms with Crippen molar-refractivity contribution in [2.24, 2.45) is 0 Å². The summed E-state index contributed by atoms with van der Waals surface area (Å²) in [7, 11) is 5.71. The number of nitrogens with zero attached hydrogens (tertiary/aromatic N) is 1. The number of likely N-dealkylation sites (N-methyl/N-ethyl adjacent to an activating group) is 1. The number of carboxylic acids is 1. The van der Waals surface area contributed by atoms with Crippen LogP contribution in [0.4, 0.5) is 0 Å². The van der Waals surface area contributed by atoms with Crippen LogP contribution in [0.15, 0.2) is 0 Å². The molecule has 0 aliphatic carbocycles. The number of unbranched alkanes of at least 4 members (excludes halogenated alkanes) is 10. The first-order chi connectivity index (χ1) is 13.6. The van der Waals surface area contributed by atoms with Crippen molar-refractivity contribution in [3.05, 3.63) is 0 Å². The summed E-state index contributed by atoms with van der Waals surface area (Å²) in [6.45, 7) is 2.63. The third-order valence-electron chi connectivity index (χ3n) is 4.85. The molecule has 0 unspecified atom stereocenters. The smallest absolute Gasteiger partial charge is 0.313 e. The maximum absolute atomic E-state index is 12.0. The van der Waals surface area contributed by atoms with Crippen LogP contribution in [0.1, 0.15) is 96.8 Å². The van der Waals surface area contributed by atoms with Crippen molar-refractivity contribution in [1.82, 2.24) is 0 Å². The van der Waals surface area contributed by atoms with E-state index >= 15 is 0 Å². The molecule has 0 saturated carbocycles. The van der Waals surface area contributed by atoms with Gasteiger partial charge in [-0.1, -0.05) is 71.1 Å². The topological polar surface area (TPSA) is 80.7 Å². The van der Waals surface area contributed by atoms with Crippen molar-refractivity contribution in [1.29, 1.82) is 0 Å². The van der Waals surface area contributed by atoms with E-state index in [1.165, 1.54) is 51.4 Å².